The van der Waals surface area contributed by atoms with Crippen molar-refractivity contribution >= 4 is 26.6 Å². The van der Waals surface area contributed by atoms with Gasteiger partial charge in [-0.2, -0.15) is 5.10 Å². The first-order chi connectivity index (χ1) is 16.8. The summed E-state index contributed by atoms with van der Waals surface area (Å²) in [7, 11) is -4.17. The van der Waals surface area contributed by atoms with Crippen LogP contribution in [0.1, 0.15) is 6.92 Å². The molecule has 2 aromatic carbocycles. The molecule has 0 aliphatic rings. The number of benzene rings is 2. The number of nitrogens with one attached hydrogen (secondary N) is 1. The molecule has 5 rings (SSSR count). The van der Waals surface area contributed by atoms with Gasteiger partial charge in [-0.25, -0.2) is 17.2 Å². The Kier molecular flexibility index (Phi) is 5.73. The zero-order valence-corrected chi connectivity index (χ0v) is 19.3. The van der Waals surface area contributed by atoms with Gasteiger partial charge in [-0.3, -0.25) is 19.4 Å². The second-order valence-corrected chi connectivity index (χ2v) is 9.50. The third kappa shape index (κ3) is 4.47. The molecule has 0 radical (unpaired) electrons. The van der Waals surface area contributed by atoms with Crippen molar-refractivity contribution in [3.8, 4) is 22.3 Å². The average Bonchev–Trinajstić information content (AvgIpc) is 3.34. The molecule has 5 aromatic rings. The van der Waals surface area contributed by atoms with Crippen molar-refractivity contribution < 1.29 is 17.2 Å². The number of aryl methyl sites for hydroxylation is 1. The van der Waals surface area contributed by atoms with E-state index in [9.17, 15) is 17.2 Å². The lowest BCUT2D eigenvalue weighted by Gasteiger charge is -2.11. The number of pyridine rings is 2. The van der Waals surface area contributed by atoms with E-state index in [0.717, 1.165) is 46.3 Å². The molecule has 7 nitrogen and oxygen atoms in total. The Bertz CT molecular complexity index is 1670. The molecule has 35 heavy (non-hydrogen) atoms. The van der Waals surface area contributed by atoms with Crippen molar-refractivity contribution in [2.24, 2.45) is 0 Å². The van der Waals surface area contributed by atoms with E-state index in [4.69, 9.17) is 0 Å². The first-order valence-electron chi connectivity index (χ1n) is 10.7. The van der Waals surface area contributed by atoms with Crippen LogP contribution in [0.5, 0.6) is 0 Å². The van der Waals surface area contributed by atoms with Gasteiger partial charge in [0.25, 0.3) is 10.0 Å². The summed E-state index contributed by atoms with van der Waals surface area (Å²) < 4.78 is 56.9. The van der Waals surface area contributed by atoms with Crippen LogP contribution in [0.25, 0.3) is 33.2 Å². The Morgan fingerprint density at radius 2 is 1.80 bits per heavy atom. The Morgan fingerprint density at radius 3 is 2.57 bits per heavy atom. The molecule has 3 heterocycles. The van der Waals surface area contributed by atoms with Crippen LogP contribution in [0.3, 0.4) is 0 Å². The fourth-order valence-electron chi connectivity index (χ4n) is 3.75. The summed E-state index contributed by atoms with van der Waals surface area (Å²) in [4.78, 5) is 8.36. The van der Waals surface area contributed by atoms with Crippen molar-refractivity contribution in [1.82, 2.24) is 19.7 Å². The predicted octanol–water partition coefficient (Wildman–Crippen LogP) is 5.26. The number of fused-ring (bicyclic) bond motifs is 1. The van der Waals surface area contributed by atoms with E-state index in [1.165, 1.54) is 12.3 Å². The molecule has 0 spiro atoms. The molecule has 1 N–H and O–H groups in total. The summed E-state index contributed by atoms with van der Waals surface area (Å²) in [5.74, 6) is -1.82. The average molecular weight is 492 g/mol. The highest BCUT2D eigenvalue weighted by Crippen LogP contribution is 2.32. The SMILES string of the molecule is CCn1cc(-c2ccnc3ccc(-c4cncc(S(=O)(=O)Nc5ccc(F)cc5F)c4)cc23)cn1. The lowest BCUT2D eigenvalue weighted by Crippen LogP contribution is -2.14. The van der Waals surface area contributed by atoms with Crippen LogP contribution in [0.15, 0.2) is 84.4 Å². The Hall–Kier alpha value is -4.18. The maximum atomic E-state index is 14.0. The Morgan fingerprint density at radius 1 is 0.943 bits per heavy atom. The molecule has 0 fully saturated rings. The van der Waals surface area contributed by atoms with E-state index in [1.54, 1.807) is 18.6 Å². The minimum atomic E-state index is -4.17. The van der Waals surface area contributed by atoms with E-state index in [1.807, 2.05) is 42.1 Å². The highest BCUT2D eigenvalue weighted by molar-refractivity contribution is 7.92. The van der Waals surface area contributed by atoms with Gasteiger partial charge in [-0.05, 0) is 54.4 Å². The molecular formula is C25H19F2N5O2S. The van der Waals surface area contributed by atoms with Crippen LogP contribution in [-0.2, 0) is 16.6 Å². The summed E-state index contributed by atoms with van der Waals surface area (Å²) in [5, 5.41) is 5.22. The van der Waals surface area contributed by atoms with Gasteiger partial charge in [-0.1, -0.05) is 6.07 Å². The van der Waals surface area contributed by atoms with Crippen LogP contribution < -0.4 is 4.72 Å². The molecule has 0 amide bonds. The third-order valence-corrected chi connectivity index (χ3v) is 6.87. The molecule has 0 saturated heterocycles. The number of hydrogen-bond acceptors (Lipinski definition) is 5. The van der Waals surface area contributed by atoms with Crippen molar-refractivity contribution in [3.63, 3.8) is 0 Å². The van der Waals surface area contributed by atoms with E-state index < -0.39 is 21.7 Å². The fourth-order valence-corrected chi connectivity index (χ4v) is 4.81. The van der Waals surface area contributed by atoms with Gasteiger partial charge in [0, 0.05) is 53.9 Å². The van der Waals surface area contributed by atoms with Crippen LogP contribution in [0, 0.1) is 11.6 Å². The lowest BCUT2D eigenvalue weighted by atomic mass is 9.99. The second kappa shape index (κ2) is 8.88. The lowest BCUT2D eigenvalue weighted by molar-refractivity contribution is 0.582. The van der Waals surface area contributed by atoms with E-state index >= 15 is 0 Å². The maximum Gasteiger partial charge on any atom is 0.263 e. The number of anilines is 1. The van der Waals surface area contributed by atoms with Crippen LogP contribution in [0.2, 0.25) is 0 Å². The first-order valence-corrected chi connectivity index (χ1v) is 12.2. The number of hydrogen-bond donors (Lipinski definition) is 1. The third-order valence-electron chi connectivity index (χ3n) is 5.54. The number of halogens is 2. The normalized spacial score (nSPS) is 11.6. The molecule has 0 aliphatic carbocycles. The van der Waals surface area contributed by atoms with E-state index in [-0.39, 0.29) is 10.6 Å². The number of rotatable bonds is 6. The van der Waals surface area contributed by atoms with Gasteiger partial charge in [0.15, 0.2) is 0 Å². The minimum absolute atomic E-state index is 0.158. The Labute approximate surface area is 200 Å². The number of sulfonamides is 1. The molecule has 10 heteroatoms. The van der Waals surface area contributed by atoms with Crippen molar-refractivity contribution in [2.45, 2.75) is 18.4 Å². The molecular weight excluding hydrogens is 472 g/mol. The fraction of sp³-hybridized carbons (Fsp3) is 0.0800. The van der Waals surface area contributed by atoms with Gasteiger partial charge < -0.3 is 0 Å². The zero-order valence-electron chi connectivity index (χ0n) is 18.5. The molecule has 176 valence electrons. The highest BCUT2D eigenvalue weighted by atomic mass is 32.2. The molecule has 3 aromatic heterocycles. The van der Waals surface area contributed by atoms with Gasteiger partial charge in [-0.15, -0.1) is 0 Å². The first kappa shape index (κ1) is 22.6. The molecule has 0 unspecified atom stereocenters. The standard InChI is InChI=1S/C25H19F2N5O2S/c1-2-32-15-18(13-30-32)21-7-8-29-24-5-3-16(10-22(21)24)17-9-20(14-28-12-17)35(33,34)31-25-6-4-19(26)11-23(25)27/h3-15,31H,2H2,1H3. The molecule has 0 saturated carbocycles. The van der Waals surface area contributed by atoms with Crippen molar-refractivity contribution in [2.75, 3.05) is 4.72 Å². The van der Waals surface area contributed by atoms with E-state index in [2.05, 4.69) is 19.8 Å². The summed E-state index contributed by atoms with van der Waals surface area (Å²) in [6, 6.07) is 11.6. The van der Waals surface area contributed by atoms with Crippen molar-refractivity contribution in [3.05, 3.63) is 91.1 Å². The molecule has 0 bridgehead atoms. The second-order valence-electron chi connectivity index (χ2n) is 7.81. The molecule has 0 aliphatic heterocycles. The summed E-state index contributed by atoms with van der Waals surface area (Å²) in [6.45, 7) is 2.75. The maximum absolute atomic E-state index is 14.0. The minimum Gasteiger partial charge on any atom is -0.277 e. The van der Waals surface area contributed by atoms with Gasteiger partial charge in [0.2, 0.25) is 0 Å². The van der Waals surface area contributed by atoms with Crippen LogP contribution in [0.4, 0.5) is 14.5 Å². The zero-order chi connectivity index (χ0) is 24.6. The highest BCUT2D eigenvalue weighted by Gasteiger charge is 2.18. The summed E-state index contributed by atoms with van der Waals surface area (Å²) >= 11 is 0. The smallest absolute Gasteiger partial charge is 0.263 e. The largest absolute Gasteiger partial charge is 0.277 e. The summed E-state index contributed by atoms with van der Waals surface area (Å²) in [6.07, 6.45) is 8.19. The van der Waals surface area contributed by atoms with Gasteiger partial charge >= 0.3 is 0 Å². The quantitative estimate of drug-likeness (QED) is 0.350. The summed E-state index contributed by atoms with van der Waals surface area (Å²) in [5.41, 5.74) is 3.59. The molecule has 0 atom stereocenters. The van der Waals surface area contributed by atoms with E-state index in [0.29, 0.717) is 11.6 Å². The number of aromatic nitrogens is 4. The number of nitrogens with zero attached hydrogens (tertiary/aromatic N) is 4. The van der Waals surface area contributed by atoms with Crippen molar-refractivity contribution in [1.29, 1.82) is 0 Å². The van der Waals surface area contributed by atoms with Gasteiger partial charge in [0.1, 0.15) is 16.5 Å². The van der Waals surface area contributed by atoms with Gasteiger partial charge in [0.05, 0.1) is 17.4 Å². The predicted molar refractivity (Wildman–Crippen MR) is 129 cm³/mol. The topological polar surface area (TPSA) is 89.8 Å². The van der Waals surface area contributed by atoms with Crippen LogP contribution >= 0.6 is 0 Å². The van der Waals surface area contributed by atoms with Crippen LogP contribution in [-0.4, -0.2) is 28.2 Å². The monoisotopic (exact) mass is 491 g/mol. The Balaban J connectivity index is 1.54.